The van der Waals surface area contributed by atoms with E-state index in [4.69, 9.17) is 16.7 Å². The summed E-state index contributed by atoms with van der Waals surface area (Å²) >= 11 is 5.73. The van der Waals surface area contributed by atoms with Gasteiger partial charge >= 0.3 is 5.97 Å². The van der Waals surface area contributed by atoms with E-state index in [1.54, 1.807) is 0 Å². The van der Waals surface area contributed by atoms with Crippen LogP contribution in [0.25, 0.3) is 0 Å². The molecule has 1 heterocycles. The molecule has 0 aliphatic rings. The third-order valence-electron chi connectivity index (χ3n) is 2.99. The highest BCUT2D eigenvalue weighted by molar-refractivity contribution is 6.29. The molecule has 0 amide bonds. The third-order valence-corrected chi connectivity index (χ3v) is 3.20. The Hall–Kier alpha value is -1.33. The van der Waals surface area contributed by atoms with Crippen molar-refractivity contribution in [1.82, 2.24) is 4.98 Å². The standard InChI is InChI=1S/C12H17ClN2O3/c1-3-12(18,4-2)7-14-10-8(11(16)17)5-6-9(13)15-10/h5-6,18H,3-4,7H2,1-2H3,(H,14,15)(H,16,17). The number of aromatic carboxylic acids is 1. The minimum atomic E-state index is -1.08. The second-order valence-electron chi connectivity index (χ2n) is 4.12. The van der Waals surface area contributed by atoms with Gasteiger partial charge in [-0.1, -0.05) is 25.4 Å². The van der Waals surface area contributed by atoms with E-state index in [0.717, 1.165) is 0 Å². The van der Waals surface area contributed by atoms with Crippen molar-refractivity contribution in [1.29, 1.82) is 0 Å². The first-order valence-corrected chi connectivity index (χ1v) is 6.15. The van der Waals surface area contributed by atoms with Crippen molar-refractivity contribution < 1.29 is 15.0 Å². The van der Waals surface area contributed by atoms with Crippen LogP contribution in [0.2, 0.25) is 5.15 Å². The normalized spacial score (nSPS) is 11.3. The maximum absolute atomic E-state index is 11.0. The first-order chi connectivity index (χ1) is 8.41. The molecule has 0 atom stereocenters. The number of carboxylic acids is 1. The number of carboxylic acid groups (broad SMARTS) is 1. The summed E-state index contributed by atoms with van der Waals surface area (Å²) in [5, 5.41) is 22.2. The second kappa shape index (κ2) is 6.02. The highest BCUT2D eigenvalue weighted by Gasteiger charge is 2.23. The first kappa shape index (κ1) is 14.7. The lowest BCUT2D eigenvalue weighted by Crippen LogP contribution is -2.36. The summed E-state index contributed by atoms with van der Waals surface area (Å²) in [5.74, 6) is -0.909. The van der Waals surface area contributed by atoms with Crippen LogP contribution >= 0.6 is 11.6 Å². The minimum absolute atomic E-state index is 0.0361. The van der Waals surface area contributed by atoms with Gasteiger partial charge in [0.1, 0.15) is 16.5 Å². The Balaban J connectivity index is 2.90. The smallest absolute Gasteiger partial charge is 0.339 e. The van der Waals surface area contributed by atoms with Crippen molar-refractivity contribution in [3.63, 3.8) is 0 Å². The average molecular weight is 273 g/mol. The summed E-state index contributed by atoms with van der Waals surface area (Å²) < 4.78 is 0. The van der Waals surface area contributed by atoms with Crippen molar-refractivity contribution >= 4 is 23.4 Å². The van der Waals surface area contributed by atoms with Crippen LogP contribution < -0.4 is 5.32 Å². The molecule has 0 spiro atoms. The molecule has 18 heavy (non-hydrogen) atoms. The van der Waals surface area contributed by atoms with Crippen LogP contribution in [0.3, 0.4) is 0 Å². The van der Waals surface area contributed by atoms with Gasteiger partial charge in [-0.25, -0.2) is 9.78 Å². The fourth-order valence-corrected chi connectivity index (χ4v) is 1.64. The molecule has 3 N–H and O–H groups in total. The third kappa shape index (κ3) is 3.58. The predicted octanol–water partition coefficient (Wildman–Crippen LogP) is 2.40. The summed E-state index contributed by atoms with van der Waals surface area (Å²) in [6.45, 7) is 3.97. The van der Waals surface area contributed by atoms with Crippen LogP contribution in [0, 0.1) is 0 Å². The molecule has 6 heteroatoms. The molecule has 1 aromatic rings. The number of hydrogen-bond acceptors (Lipinski definition) is 4. The molecule has 5 nitrogen and oxygen atoms in total. The Morgan fingerprint density at radius 2 is 2.06 bits per heavy atom. The lowest BCUT2D eigenvalue weighted by molar-refractivity contribution is 0.0455. The zero-order valence-corrected chi connectivity index (χ0v) is 11.2. The number of hydrogen-bond donors (Lipinski definition) is 3. The SMILES string of the molecule is CCC(O)(CC)CNc1nc(Cl)ccc1C(=O)O. The summed E-state index contributed by atoms with van der Waals surface area (Å²) in [5.41, 5.74) is -0.839. The Kier molecular flexibility index (Phi) is 4.93. The van der Waals surface area contributed by atoms with Gasteiger partial charge in [0.25, 0.3) is 0 Å². The fourth-order valence-electron chi connectivity index (χ4n) is 1.49. The predicted molar refractivity (Wildman–Crippen MR) is 70.2 cm³/mol. The molecule has 100 valence electrons. The molecule has 0 bridgehead atoms. The zero-order chi connectivity index (χ0) is 13.8. The molecular weight excluding hydrogens is 256 g/mol. The van der Waals surface area contributed by atoms with E-state index in [1.165, 1.54) is 12.1 Å². The maximum atomic E-state index is 11.0. The molecule has 0 radical (unpaired) electrons. The summed E-state index contributed by atoms with van der Waals surface area (Å²) in [6, 6.07) is 2.80. The Bertz CT molecular complexity index is 433. The summed E-state index contributed by atoms with van der Waals surface area (Å²) in [6.07, 6.45) is 1.14. The average Bonchev–Trinajstić information content (AvgIpc) is 2.35. The number of carbonyl (C=O) groups is 1. The van der Waals surface area contributed by atoms with Crippen LogP contribution in [0.15, 0.2) is 12.1 Å². The minimum Gasteiger partial charge on any atom is -0.478 e. The Morgan fingerprint density at radius 3 is 2.56 bits per heavy atom. The van der Waals surface area contributed by atoms with Gasteiger partial charge in [0.2, 0.25) is 0 Å². The van der Waals surface area contributed by atoms with Crippen molar-refractivity contribution in [2.75, 3.05) is 11.9 Å². The van der Waals surface area contributed by atoms with Gasteiger partial charge in [-0.15, -0.1) is 0 Å². The number of rotatable bonds is 6. The van der Waals surface area contributed by atoms with Crippen molar-refractivity contribution in [2.45, 2.75) is 32.3 Å². The van der Waals surface area contributed by atoms with E-state index < -0.39 is 11.6 Å². The highest BCUT2D eigenvalue weighted by Crippen LogP contribution is 2.20. The van der Waals surface area contributed by atoms with Gasteiger partial charge in [-0.05, 0) is 25.0 Å². The molecule has 0 aliphatic carbocycles. The molecule has 1 rings (SSSR count). The summed E-state index contributed by atoms with van der Waals surface area (Å²) in [4.78, 5) is 14.9. The van der Waals surface area contributed by atoms with Crippen LogP contribution in [0.5, 0.6) is 0 Å². The van der Waals surface area contributed by atoms with Crippen LogP contribution in [0.4, 0.5) is 5.82 Å². The lowest BCUT2D eigenvalue weighted by Gasteiger charge is -2.26. The van der Waals surface area contributed by atoms with Crippen molar-refractivity contribution in [3.8, 4) is 0 Å². The molecule has 0 saturated carbocycles. The Morgan fingerprint density at radius 1 is 1.44 bits per heavy atom. The topological polar surface area (TPSA) is 82.5 Å². The van der Waals surface area contributed by atoms with Gasteiger partial charge in [0.15, 0.2) is 0 Å². The summed E-state index contributed by atoms with van der Waals surface area (Å²) in [7, 11) is 0. The molecule has 1 aromatic heterocycles. The molecule has 0 unspecified atom stereocenters. The van der Waals surface area contributed by atoms with Gasteiger partial charge in [0.05, 0.1) is 5.60 Å². The molecular formula is C12H17ClN2O3. The van der Waals surface area contributed by atoms with E-state index in [2.05, 4.69) is 10.3 Å². The van der Waals surface area contributed by atoms with E-state index in [1.807, 2.05) is 13.8 Å². The first-order valence-electron chi connectivity index (χ1n) is 5.78. The van der Waals surface area contributed by atoms with Crippen LogP contribution in [-0.4, -0.2) is 33.3 Å². The largest absolute Gasteiger partial charge is 0.478 e. The van der Waals surface area contributed by atoms with Gasteiger partial charge in [0, 0.05) is 6.54 Å². The molecule has 0 saturated heterocycles. The number of nitrogens with one attached hydrogen (secondary N) is 1. The molecule has 0 aliphatic heterocycles. The van der Waals surface area contributed by atoms with Crippen LogP contribution in [-0.2, 0) is 0 Å². The lowest BCUT2D eigenvalue weighted by atomic mass is 9.97. The van der Waals surface area contributed by atoms with E-state index >= 15 is 0 Å². The quantitative estimate of drug-likeness (QED) is 0.693. The monoisotopic (exact) mass is 272 g/mol. The van der Waals surface area contributed by atoms with Crippen molar-refractivity contribution in [2.24, 2.45) is 0 Å². The van der Waals surface area contributed by atoms with Gasteiger partial charge in [-0.2, -0.15) is 0 Å². The van der Waals surface area contributed by atoms with Crippen LogP contribution in [0.1, 0.15) is 37.0 Å². The van der Waals surface area contributed by atoms with E-state index in [0.29, 0.717) is 12.8 Å². The fraction of sp³-hybridized carbons (Fsp3) is 0.500. The van der Waals surface area contributed by atoms with Gasteiger partial charge in [-0.3, -0.25) is 0 Å². The number of nitrogens with zero attached hydrogens (tertiary/aromatic N) is 1. The number of anilines is 1. The molecule has 0 aromatic carbocycles. The van der Waals surface area contributed by atoms with E-state index in [9.17, 15) is 9.90 Å². The molecule has 0 fully saturated rings. The Labute approximate surface area is 111 Å². The number of pyridine rings is 1. The van der Waals surface area contributed by atoms with E-state index in [-0.39, 0.29) is 23.1 Å². The number of aliphatic hydroxyl groups is 1. The maximum Gasteiger partial charge on any atom is 0.339 e. The highest BCUT2D eigenvalue weighted by atomic mass is 35.5. The number of aromatic nitrogens is 1. The van der Waals surface area contributed by atoms with Gasteiger partial charge < -0.3 is 15.5 Å². The second-order valence-corrected chi connectivity index (χ2v) is 4.51. The zero-order valence-electron chi connectivity index (χ0n) is 10.4. The number of halogens is 1. The van der Waals surface area contributed by atoms with Crippen molar-refractivity contribution in [3.05, 3.63) is 22.8 Å².